The molecule has 0 aliphatic rings. The highest BCUT2D eigenvalue weighted by atomic mass is 16.5. The molecule has 0 unspecified atom stereocenters. The lowest BCUT2D eigenvalue weighted by Gasteiger charge is -2.22. The Labute approximate surface area is 258 Å². The van der Waals surface area contributed by atoms with Crippen LogP contribution in [0.25, 0.3) is 11.1 Å². The molecule has 0 bridgehead atoms. The van der Waals surface area contributed by atoms with E-state index in [1.165, 1.54) is 12.0 Å². The van der Waals surface area contributed by atoms with E-state index in [0.717, 1.165) is 28.7 Å². The fourth-order valence-electron chi connectivity index (χ4n) is 4.96. The number of amides is 2. The molecule has 0 spiro atoms. The number of anilines is 2. The molecule has 228 valence electrons. The quantitative estimate of drug-likeness (QED) is 0.155. The van der Waals surface area contributed by atoms with Crippen molar-refractivity contribution >= 4 is 29.2 Å². The molecule has 0 aliphatic carbocycles. The largest absolute Gasteiger partial charge is 0.495 e. The van der Waals surface area contributed by atoms with E-state index in [9.17, 15) is 14.4 Å². The normalized spacial score (nSPS) is 10.6. The first-order valence-corrected chi connectivity index (χ1v) is 14.6. The van der Waals surface area contributed by atoms with E-state index < -0.39 is 5.97 Å². The van der Waals surface area contributed by atoms with Gasteiger partial charge in [0.15, 0.2) is 0 Å². The summed E-state index contributed by atoms with van der Waals surface area (Å²) in [6.07, 6.45) is 2.18. The predicted octanol–water partition coefficient (Wildman–Crippen LogP) is 7.53. The van der Waals surface area contributed by atoms with Gasteiger partial charge in [-0.25, -0.2) is 0 Å². The molecule has 0 aromatic heterocycles. The van der Waals surface area contributed by atoms with Gasteiger partial charge >= 0.3 is 5.97 Å². The minimum absolute atomic E-state index is 0.138. The summed E-state index contributed by atoms with van der Waals surface area (Å²) < 4.78 is 11.6. The second kappa shape index (κ2) is 14.9. The average Bonchev–Trinajstić information content (AvgIpc) is 3.02. The lowest BCUT2D eigenvalue weighted by molar-refractivity contribution is -0.137. The van der Waals surface area contributed by atoms with Crippen LogP contribution in [-0.2, 0) is 4.79 Å². The van der Waals surface area contributed by atoms with Gasteiger partial charge in [-0.15, -0.1) is 0 Å². The Morgan fingerprint density at radius 1 is 0.818 bits per heavy atom. The first kappa shape index (κ1) is 31.8. The van der Waals surface area contributed by atoms with Crippen LogP contribution in [0.4, 0.5) is 11.4 Å². The maximum absolute atomic E-state index is 13.6. The highest BCUT2D eigenvalue weighted by Gasteiger charge is 2.21. The van der Waals surface area contributed by atoms with Crippen molar-refractivity contribution in [2.45, 2.75) is 39.5 Å². The van der Waals surface area contributed by atoms with Crippen molar-refractivity contribution in [3.8, 4) is 22.6 Å². The Bertz CT molecular complexity index is 1650. The fourth-order valence-corrected chi connectivity index (χ4v) is 4.96. The molecule has 8 nitrogen and oxygen atoms in total. The monoisotopic (exact) mass is 594 g/mol. The number of rotatable bonds is 13. The van der Waals surface area contributed by atoms with Gasteiger partial charge in [-0.2, -0.15) is 0 Å². The minimum atomic E-state index is -0.803. The number of hydrogen-bond donors (Lipinski definition) is 2. The Balaban J connectivity index is 1.50. The molecule has 2 amide bonds. The number of nitrogens with one attached hydrogen (secondary N) is 1. The van der Waals surface area contributed by atoms with Crippen LogP contribution in [0, 0.1) is 13.8 Å². The van der Waals surface area contributed by atoms with Crippen LogP contribution in [0.15, 0.2) is 84.9 Å². The summed E-state index contributed by atoms with van der Waals surface area (Å²) in [5, 5.41) is 11.8. The number of unbranched alkanes of at least 4 members (excludes halogenated alkanes) is 2. The first-order chi connectivity index (χ1) is 21.2. The molecule has 0 heterocycles. The Kier molecular flexibility index (Phi) is 10.8. The van der Waals surface area contributed by atoms with Gasteiger partial charge in [-0.3, -0.25) is 14.4 Å². The average molecular weight is 595 g/mol. The number of ether oxygens (including phenoxy) is 2. The molecule has 4 rings (SSSR count). The maximum Gasteiger partial charge on any atom is 0.303 e. The van der Waals surface area contributed by atoms with Crippen LogP contribution in [-0.4, -0.2) is 43.7 Å². The van der Waals surface area contributed by atoms with Crippen molar-refractivity contribution in [2.75, 3.05) is 31.0 Å². The number of nitrogens with zero attached hydrogens (tertiary/aromatic N) is 1. The molecule has 2 N–H and O–H groups in total. The van der Waals surface area contributed by atoms with Crippen molar-refractivity contribution < 1.29 is 29.0 Å². The summed E-state index contributed by atoms with van der Waals surface area (Å²) in [7, 11) is 3.17. The van der Waals surface area contributed by atoms with Crippen molar-refractivity contribution in [3.05, 3.63) is 107 Å². The number of carbonyl (C=O) groups excluding carboxylic acids is 2. The summed E-state index contributed by atoms with van der Waals surface area (Å²) >= 11 is 0. The van der Waals surface area contributed by atoms with Crippen LogP contribution in [0.3, 0.4) is 0 Å². The Morgan fingerprint density at radius 2 is 1.55 bits per heavy atom. The number of aryl methyl sites for hydroxylation is 2. The smallest absolute Gasteiger partial charge is 0.303 e. The molecule has 8 heteroatoms. The van der Waals surface area contributed by atoms with E-state index in [0.29, 0.717) is 53.4 Å². The second-order valence-corrected chi connectivity index (χ2v) is 10.6. The number of carbonyl (C=O) groups is 3. The van der Waals surface area contributed by atoms with Gasteiger partial charge in [-0.1, -0.05) is 48.5 Å². The highest BCUT2D eigenvalue weighted by molar-refractivity contribution is 6.10. The van der Waals surface area contributed by atoms with Gasteiger partial charge in [-0.05, 0) is 91.8 Å². The van der Waals surface area contributed by atoms with Crippen LogP contribution in [0.1, 0.15) is 57.5 Å². The van der Waals surface area contributed by atoms with Gasteiger partial charge < -0.3 is 24.8 Å². The summed E-state index contributed by atoms with van der Waals surface area (Å²) in [6, 6.07) is 25.9. The van der Waals surface area contributed by atoms with Gasteiger partial charge in [0.05, 0.1) is 25.1 Å². The number of aliphatic carboxylic acids is 1. The third kappa shape index (κ3) is 7.83. The molecule has 44 heavy (non-hydrogen) atoms. The van der Waals surface area contributed by atoms with E-state index >= 15 is 0 Å². The number of methoxy groups -OCH3 is 1. The molecule has 0 fully saturated rings. The van der Waals surface area contributed by atoms with E-state index in [-0.39, 0.29) is 18.2 Å². The lowest BCUT2D eigenvalue weighted by Crippen LogP contribution is -2.27. The first-order valence-electron chi connectivity index (χ1n) is 14.6. The van der Waals surface area contributed by atoms with E-state index in [1.807, 2.05) is 74.5 Å². The number of hydrogen-bond acceptors (Lipinski definition) is 5. The molecular formula is C36H38N2O6. The second-order valence-electron chi connectivity index (χ2n) is 10.6. The van der Waals surface area contributed by atoms with Gasteiger partial charge in [0, 0.05) is 24.6 Å². The van der Waals surface area contributed by atoms with Crippen LogP contribution in [0.2, 0.25) is 0 Å². The van der Waals surface area contributed by atoms with Gasteiger partial charge in [0.25, 0.3) is 11.8 Å². The Morgan fingerprint density at radius 3 is 2.27 bits per heavy atom. The summed E-state index contributed by atoms with van der Waals surface area (Å²) in [4.78, 5) is 39.3. The van der Waals surface area contributed by atoms with Crippen LogP contribution in [0.5, 0.6) is 11.5 Å². The molecule has 0 saturated carbocycles. The number of carboxylic acid groups (broad SMARTS) is 1. The van der Waals surface area contributed by atoms with E-state index in [1.54, 1.807) is 31.3 Å². The molecule has 0 radical (unpaired) electrons. The van der Waals surface area contributed by atoms with Crippen molar-refractivity contribution in [3.63, 3.8) is 0 Å². The minimum Gasteiger partial charge on any atom is -0.495 e. The standard InChI is InChI=1S/C36H38N2O6/c1-24-17-20-31(33(22-24)44-21-11-5-6-16-34(39)40)38(3)36(42)26-18-19-30(32(23-26)43-4)37-35(41)29-15-10-9-14-28(29)27-13-8-7-12-25(27)2/h7-10,12-15,17-20,22-23H,5-6,11,16,21H2,1-4H3,(H,37,41)(H,39,40). The third-order valence-electron chi connectivity index (χ3n) is 7.38. The van der Waals surface area contributed by atoms with E-state index in [2.05, 4.69) is 5.32 Å². The lowest BCUT2D eigenvalue weighted by atomic mass is 9.95. The zero-order valence-corrected chi connectivity index (χ0v) is 25.6. The maximum atomic E-state index is 13.6. The molecule has 0 aliphatic heterocycles. The summed E-state index contributed by atoms with van der Waals surface area (Å²) in [5.41, 5.74) is 5.81. The predicted molar refractivity (Wildman–Crippen MR) is 173 cm³/mol. The SMILES string of the molecule is COc1cc(C(=O)N(C)c2ccc(C)cc2OCCCCCC(=O)O)ccc1NC(=O)c1ccccc1-c1ccccc1C. The number of benzene rings is 4. The third-order valence-corrected chi connectivity index (χ3v) is 7.38. The van der Waals surface area contributed by atoms with E-state index in [4.69, 9.17) is 14.6 Å². The topological polar surface area (TPSA) is 105 Å². The Hall–Kier alpha value is -5.11. The highest BCUT2D eigenvalue weighted by Crippen LogP contribution is 2.33. The molecule has 0 saturated heterocycles. The number of carboxylic acids is 1. The van der Waals surface area contributed by atoms with Crippen molar-refractivity contribution in [1.82, 2.24) is 0 Å². The van der Waals surface area contributed by atoms with Gasteiger partial charge in [0.1, 0.15) is 11.5 Å². The zero-order valence-electron chi connectivity index (χ0n) is 25.6. The van der Waals surface area contributed by atoms with Gasteiger partial charge in [0.2, 0.25) is 0 Å². The summed E-state index contributed by atoms with van der Waals surface area (Å²) in [6.45, 7) is 4.37. The molecule has 4 aromatic rings. The molecule has 4 aromatic carbocycles. The molecule has 0 atom stereocenters. The van der Waals surface area contributed by atoms with Crippen LogP contribution >= 0.6 is 0 Å². The van der Waals surface area contributed by atoms with Crippen molar-refractivity contribution in [2.24, 2.45) is 0 Å². The summed E-state index contributed by atoms with van der Waals surface area (Å²) in [5.74, 6) is -0.443. The molecular weight excluding hydrogens is 556 g/mol. The zero-order chi connectivity index (χ0) is 31.6. The fraction of sp³-hybridized carbons (Fsp3) is 0.250. The van der Waals surface area contributed by atoms with Crippen molar-refractivity contribution in [1.29, 1.82) is 0 Å². The van der Waals surface area contributed by atoms with Crippen LogP contribution < -0.4 is 19.7 Å².